The first-order chi connectivity index (χ1) is 6.99. The van der Waals surface area contributed by atoms with E-state index in [1.54, 1.807) is 13.8 Å². The summed E-state index contributed by atoms with van der Waals surface area (Å²) in [5.41, 5.74) is 0. The lowest BCUT2D eigenvalue weighted by atomic mass is 9.93. The van der Waals surface area contributed by atoms with Gasteiger partial charge in [0.25, 0.3) is 5.88 Å². The van der Waals surface area contributed by atoms with Crippen LogP contribution in [-0.4, -0.2) is 23.3 Å². The minimum Gasteiger partial charge on any atom is -0.481 e. The van der Waals surface area contributed by atoms with Gasteiger partial charge in [0, 0.05) is 0 Å². The number of nitrogens with zero attached hydrogens (tertiary/aromatic N) is 1. The molecule has 0 aliphatic rings. The molecule has 0 saturated carbocycles. The summed E-state index contributed by atoms with van der Waals surface area (Å²) >= 11 is 5.86. The molecule has 1 atom stereocenters. The number of carboxylic acid groups (broad SMARTS) is 1. The Hall–Kier alpha value is -1.23. The predicted molar refractivity (Wildman–Crippen MR) is 53.3 cm³/mol. The Morgan fingerprint density at radius 2 is 2.20 bits per heavy atom. The standard InChI is InChI=1S/C9H12ClNO4/c1-4(2)5(9(12)13)7-6(10)8(14-3)11-15-7/h4-5H,1-3H3,(H,12,13). The van der Waals surface area contributed by atoms with Crippen molar-refractivity contribution in [2.24, 2.45) is 5.92 Å². The minimum absolute atomic E-state index is 0.110. The van der Waals surface area contributed by atoms with E-state index in [2.05, 4.69) is 5.16 Å². The maximum absolute atomic E-state index is 11.0. The molecule has 0 spiro atoms. The van der Waals surface area contributed by atoms with Crippen LogP contribution in [0.1, 0.15) is 25.5 Å². The Morgan fingerprint density at radius 1 is 1.60 bits per heavy atom. The van der Waals surface area contributed by atoms with Gasteiger partial charge in [0.05, 0.1) is 7.11 Å². The van der Waals surface area contributed by atoms with Crippen molar-refractivity contribution >= 4 is 17.6 Å². The molecule has 1 aromatic heterocycles. The number of hydrogen-bond donors (Lipinski definition) is 1. The first-order valence-corrected chi connectivity index (χ1v) is 4.78. The zero-order valence-corrected chi connectivity index (χ0v) is 9.41. The molecule has 1 heterocycles. The average Bonchev–Trinajstić information content (AvgIpc) is 2.47. The zero-order valence-electron chi connectivity index (χ0n) is 8.65. The third-order valence-corrected chi connectivity index (χ3v) is 2.39. The fraction of sp³-hybridized carbons (Fsp3) is 0.556. The molecule has 0 fully saturated rings. The van der Waals surface area contributed by atoms with Crippen molar-refractivity contribution in [2.45, 2.75) is 19.8 Å². The van der Waals surface area contributed by atoms with Crippen LogP contribution in [0.5, 0.6) is 5.88 Å². The summed E-state index contributed by atoms with van der Waals surface area (Å²) in [4.78, 5) is 11.0. The lowest BCUT2D eigenvalue weighted by Crippen LogP contribution is -2.17. The number of aliphatic carboxylic acids is 1. The monoisotopic (exact) mass is 233 g/mol. The molecule has 5 nitrogen and oxygen atoms in total. The fourth-order valence-electron chi connectivity index (χ4n) is 1.30. The van der Waals surface area contributed by atoms with Crippen molar-refractivity contribution in [3.8, 4) is 5.88 Å². The molecule has 0 amide bonds. The second-order valence-electron chi connectivity index (χ2n) is 3.43. The van der Waals surface area contributed by atoms with E-state index in [1.807, 2.05) is 0 Å². The molecule has 0 aliphatic carbocycles. The van der Waals surface area contributed by atoms with Crippen LogP contribution in [0, 0.1) is 5.92 Å². The summed E-state index contributed by atoms with van der Waals surface area (Å²) in [5, 5.41) is 12.7. The summed E-state index contributed by atoms with van der Waals surface area (Å²) in [7, 11) is 1.39. The highest BCUT2D eigenvalue weighted by Gasteiger charge is 2.32. The number of hydrogen-bond acceptors (Lipinski definition) is 4. The van der Waals surface area contributed by atoms with Gasteiger partial charge in [0.15, 0.2) is 5.76 Å². The van der Waals surface area contributed by atoms with Gasteiger partial charge in [-0.2, -0.15) is 0 Å². The quantitative estimate of drug-likeness (QED) is 0.863. The van der Waals surface area contributed by atoms with E-state index in [1.165, 1.54) is 7.11 Å². The molecule has 15 heavy (non-hydrogen) atoms. The van der Waals surface area contributed by atoms with Crippen LogP contribution in [-0.2, 0) is 4.79 Å². The molecule has 84 valence electrons. The first-order valence-electron chi connectivity index (χ1n) is 4.40. The van der Waals surface area contributed by atoms with Gasteiger partial charge in [0.1, 0.15) is 10.9 Å². The first kappa shape index (κ1) is 11.8. The van der Waals surface area contributed by atoms with Crippen molar-refractivity contribution in [1.29, 1.82) is 0 Å². The smallest absolute Gasteiger partial charge is 0.314 e. The van der Waals surface area contributed by atoms with E-state index >= 15 is 0 Å². The van der Waals surface area contributed by atoms with Crippen LogP contribution in [0.2, 0.25) is 5.02 Å². The highest BCUT2D eigenvalue weighted by Crippen LogP contribution is 2.35. The Kier molecular flexibility index (Phi) is 3.57. The van der Waals surface area contributed by atoms with E-state index in [4.69, 9.17) is 26.0 Å². The number of carbonyl (C=O) groups is 1. The number of methoxy groups -OCH3 is 1. The molecule has 1 aromatic rings. The zero-order chi connectivity index (χ0) is 11.6. The van der Waals surface area contributed by atoms with Crippen molar-refractivity contribution < 1.29 is 19.2 Å². The van der Waals surface area contributed by atoms with Crippen molar-refractivity contribution in [2.75, 3.05) is 7.11 Å². The van der Waals surface area contributed by atoms with Crippen LogP contribution in [0.4, 0.5) is 0 Å². The summed E-state index contributed by atoms with van der Waals surface area (Å²) in [5.74, 6) is -1.70. The maximum Gasteiger partial charge on any atom is 0.314 e. The van der Waals surface area contributed by atoms with E-state index < -0.39 is 11.9 Å². The average molecular weight is 234 g/mol. The fourth-order valence-corrected chi connectivity index (χ4v) is 1.56. The summed E-state index contributed by atoms with van der Waals surface area (Å²) in [6, 6.07) is 0. The Bertz CT molecular complexity index is 361. The van der Waals surface area contributed by atoms with E-state index in [0.29, 0.717) is 0 Å². The number of halogens is 1. The summed E-state index contributed by atoms with van der Waals surface area (Å²) in [6.07, 6.45) is 0. The molecule has 0 aliphatic heterocycles. The topological polar surface area (TPSA) is 72.6 Å². The van der Waals surface area contributed by atoms with Gasteiger partial charge in [0.2, 0.25) is 0 Å². The van der Waals surface area contributed by atoms with Gasteiger partial charge in [-0.05, 0) is 11.1 Å². The van der Waals surface area contributed by atoms with Crippen LogP contribution in [0.25, 0.3) is 0 Å². The normalized spacial score (nSPS) is 12.9. The van der Waals surface area contributed by atoms with E-state index in [-0.39, 0.29) is 22.6 Å². The minimum atomic E-state index is -0.995. The molecule has 0 bridgehead atoms. The lowest BCUT2D eigenvalue weighted by molar-refractivity contribution is -0.140. The van der Waals surface area contributed by atoms with Gasteiger partial charge in [-0.1, -0.05) is 25.4 Å². The van der Waals surface area contributed by atoms with Gasteiger partial charge in [-0.15, -0.1) is 0 Å². The molecule has 6 heteroatoms. The molecular formula is C9H12ClNO4. The van der Waals surface area contributed by atoms with Gasteiger partial charge in [-0.3, -0.25) is 4.79 Å². The van der Waals surface area contributed by atoms with E-state index in [9.17, 15) is 4.79 Å². The Labute approximate surface area is 92.0 Å². The van der Waals surface area contributed by atoms with Crippen molar-refractivity contribution in [1.82, 2.24) is 5.16 Å². The molecule has 1 rings (SSSR count). The van der Waals surface area contributed by atoms with Gasteiger partial charge < -0.3 is 14.4 Å². The van der Waals surface area contributed by atoms with Crippen molar-refractivity contribution in [3.05, 3.63) is 10.8 Å². The number of rotatable bonds is 4. The maximum atomic E-state index is 11.0. The highest BCUT2D eigenvalue weighted by molar-refractivity contribution is 6.32. The molecular weight excluding hydrogens is 222 g/mol. The Morgan fingerprint density at radius 3 is 2.53 bits per heavy atom. The van der Waals surface area contributed by atoms with Crippen LogP contribution >= 0.6 is 11.6 Å². The highest BCUT2D eigenvalue weighted by atomic mass is 35.5. The van der Waals surface area contributed by atoms with Crippen LogP contribution in [0.15, 0.2) is 4.52 Å². The molecule has 0 radical (unpaired) electrons. The predicted octanol–water partition coefficient (Wildman–Crippen LogP) is 2.16. The molecule has 1 unspecified atom stereocenters. The number of aromatic nitrogens is 1. The second kappa shape index (κ2) is 4.53. The largest absolute Gasteiger partial charge is 0.481 e. The lowest BCUT2D eigenvalue weighted by Gasteiger charge is -2.12. The van der Waals surface area contributed by atoms with Gasteiger partial charge >= 0.3 is 5.97 Å². The Balaban J connectivity index is 3.12. The SMILES string of the molecule is COc1noc(C(C(=O)O)C(C)C)c1Cl. The van der Waals surface area contributed by atoms with Crippen LogP contribution < -0.4 is 4.74 Å². The third-order valence-electron chi connectivity index (χ3n) is 2.04. The molecule has 1 N–H and O–H groups in total. The summed E-state index contributed by atoms with van der Waals surface area (Å²) < 4.78 is 9.69. The molecule has 0 saturated heterocycles. The number of carboxylic acids is 1. The summed E-state index contributed by atoms with van der Waals surface area (Å²) in [6.45, 7) is 3.54. The third kappa shape index (κ3) is 2.23. The number of ether oxygens (including phenoxy) is 1. The van der Waals surface area contributed by atoms with Crippen LogP contribution in [0.3, 0.4) is 0 Å². The van der Waals surface area contributed by atoms with Gasteiger partial charge in [-0.25, -0.2) is 0 Å². The van der Waals surface area contributed by atoms with E-state index in [0.717, 1.165) is 0 Å². The molecule has 0 aromatic carbocycles. The van der Waals surface area contributed by atoms with Crippen molar-refractivity contribution in [3.63, 3.8) is 0 Å². The second-order valence-corrected chi connectivity index (χ2v) is 3.81.